The Kier molecular flexibility index (Phi) is 30.0. The number of aromatic hydroxyl groups is 3. The highest BCUT2D eigenvalue weighted by atomic mass is 35.5. The van der Waals surface area contributed by atoms with Gasteiger partial charge in [0.05, 0.1) is 54.5 Å². The molecule has 2 fully saturated rings. The summed E-state index contributed by atoms with van der Waals surface area (Å²) in [6.45, 7) is 5.19. The fourth-order valence-electron chi connectivity index (χ4n) is 15.0. The summed E-state index contributed by atoms with van der Waals surface area (Å²) < 4.78 is 45.6. The van der Waals surface area contributed by atoms with Crippen molar-refractivity contribution in [2.24, 2.45) is 11.7 Å². The number of carbonyl (C=O) groups is 9. The number of aliphatic hydroxyl groups is 6. The van der Waals surface area contributed by atoms with E-state index in [1.165, 1.54) is 68.2 Å². The predicted octanol–water partition coefficient (Wildman–Crippen LogP) is 2.16. The molecule has 0 aliphatic carbocycles. The zero-order chi connectivity index (χ0) is 91.2. The van der Waals surface area contributed by atoms with Crippen LogP contribution in [0.1, 0.15) is 115 Å². The number of likely N-dealkylation sites (N-methyl/N-ethyl adjacent to an activating group) is 1. The molecule has 126 heavy (non-hydrogen) atoms. The molecule has 7 aromatic rings. The molecule has 674 valence electrons. The van der Waals surface area contributed by atoms with Crippen LogP contribution >= 0.6 is 46.4 Å². The lowest BCUT2D eigenvalue weighted by Gasteiger charge is -2.48. The number of amides is 9. The van der Waals surface area contributed by atoms with Crippen LogP contribution in [0.4, 0.5) is 5.82 Å². The monoisotopic (exact) mass is 1830 g/mol. The number of nitrogens with two attached hydrogens (primary N) is 1. The van der Waals surface area contributed by atoms with Gasteiger partial charge in [-0.2, -0.15) is 4.98 Å². The molecule has 2 saturated heterocycles. The number of halogens is 4. The zero-order valence-electron chi connectivity index (χ0n) is 67.8. The van der Waals surface area contributed by atoms with Crippen molar-refractivity contribution in [3.63, 3.8) is 0 Å². The Morgan fingerprint density at radius 2 is 1.35 bits per heavy atom. The Hall–Kier alpha value is -11.1. The normalized spacial score (nSPS) is 25.8. The Morgan fingerprint density at radius 1 is 0.706 bits per heavy atom. The molecule has 7 aliphatic heterocycles. The number of aliphatic hydroxyl groups excluding tert-OH is 6. The third-order valence-electron chi connectivity index (χ3n) is 21.4. The number of primary amides is 1. The molecule has 9 amide bonds. The molecule has 11 bridgehead atoms. The first kappa shape index (κ1) is 94.0. The predicted molar refractivity (Wildman–Crippen MR) is 444 cm³/mol. The van der Waals surface area contributed by atoms with Crippen molar-refractivity contribution in [3.05, 3.63) is 173 Å². The minimum absolute atomic E-state index is 0.0524. The van der Waals surface area contributed by atoms with Gasteiger partial charge in [0, 0.05) is 71.2 Å². The second kappa shape index (κ2) is 40.2. The number of aromatic nitrogens is 2. The molecule has 0 spiro atoms. The molecule has 1 unspecified atom stereocenters. The summed E-state index contributed by atoms with van der Waals surface area (Å²) in [7, 11) is 2.80. The van der Waals surface area contributed by atoms with Crippen molar-refractivity contribution in [1.82, 2.24) is 57.6 Å². The highest BCUT2D eigenvalue weighted by Crippen LogP contribution is 2.50. The lowest BCUT2D eigenvalue weighted by molar-refractivity contribution is -0.334. The van der Waals surface area contributed by atoms with Crippen molar-refractivity contribution in [3.8, 4) is 57.1 Å². The number of nitrogens with zero attached hydrogens (tertiary/aromatic N) is 2. The summed E-state index contributed by atoms with van der Waals surface area (Å²) >= 11 is 26.6. The van der Waals surface area contributed by atoms with Crippen LogP contribution < -0.4 is 79.0 Å². The van der Waals surface area contributed by atoms with Crippen LogP contribution in [-0.4, -0.2) is 228 Å². The van der Waals surface area contributed by atoms with Gasteiger partial charge in [-0.25, -0.2) is 10.3 Å². The summed E-state index contributed by atoms with van der Waals surface area (Å²) in [5.41, 5.74) is 3.10. The molecule has 18 atom stereocenters. The van der Waals surface area contributed by atoms with Crippen molar-refractivity contribution in [1.29, 1.82) is 0 Å². The maximum atomic E-state index is 16.3. The number of rotatable bonds is 23. The van der Waals surface area contributed by atoms with Gasteiger partial charge in [-0.05, 0) is 140 Å². The number of benzene rings is 6. The van der Waals surface area contributed by atoms with E-state index in [0.717, 1.165) is 66.7 Å². The number of fused-ring (bicyclic) bond motifs is 15. The van der Waals surface area contributed by atoms with Gasteiger partial charge in [0.1, 0.15) is 101 Å². The van der Waals surface area contributed by atoms with Gasteiger partial charge < -0.3 is 133 Å². The van der Waals surface area contributed by atoms with Crippen LogP contribution in [0.15, 0.2) is 114 Å². The van der Waals surface area contributed by atoms with E-state index in [1.807, 2.05) is 13.8 Å². The van der Waals surface area contributed by atoms with Crippen LogP contribution in [-0.2, 0) is 68.7 Å². The van der Waals surface area contributed by atoms with Crippen LogP contribution in [0, 0.1) is 5.92 Å². The molecule has 1 aromatic heterocycles. The molecular formula is C82H91Cl4N13O27. The fourth-order valence-corrected chi connectivity index (χ4v) is 15.9. The van der Waals surface area contributed by atoms with E-state index in [2.05, 4.69) is 58.3 Å². The molecule has 40 nitrogen and oxygen atoms in total. The summed E-state index contributed by atoms with van der Waals surface area (Å²) in [4.78, 5) is 156. The smallest absolute Gasteiger partial charge is 0.349 e. The molecule has 21 N–H and O–H groups in total. The van der Waals surface area contributed by atoms with Gasteiger partial charge in [0.15, 0.2) is 23.9 Å². The lowest BCUT2D eigenvalue weighted by atomic mass is 9.85. The third-order valence-corrected chi connectivity index (χ3v) is 22.5. The molecule has 44 heteroatoms. The summed E-state index contributed by atoms with van der Waals surface area (Å²) in [5, 5.41) is 130. The van der Waals surface area contributed by atoms with Crippen LogP contribution in [0.25, 0.3) is 11.1 Å². The van der Waals surface area contributed by atoms with E-state index >= 15 is 24.0 Å². The first-order chi connectivity index (χ1) is 59.8. The Labute approximate surface area is 736 Å². The van der Waals surface area contributed by atoms with Crippen molar-refractivity contribution < 1.29 is 127 Å². The van der Waals surface area contributed by atoms with Crippen molar-refractivity contribution in [2.45, 2.75) is 163 Å². The van der Waals surface area contributed by atoms with Crippen LogP contribution in [0.2, 0.25) is 20.1 Å². The van der Waals surface area contributed by atoms with E-state index in [4.69, 9.17) is 90.1 Å². The maximum Gasteiger partial charge on any atom is 0.349 e. The number of nitrogens with one attached hydrogen (secondary N) is 10. The number of methoxy groups -OCH3 is 1. The van der Waals surface area contributed by atoms with Crippen LogP contribution in [0.5, 0.6) is 46.0 Å². The molecule has 8 heterocycles. The van der Waals surface area contributed by atoms with Gasteiger partial charge >= 0.3 is 5.69 Å². The maximum absolute atomic E-state index is 16.3. The Bertz CT molecular complexity index is 5370. The quantitative estimate of drug-likeness (QED) is 0.0322. The van der Waals surface area contributed by atoms with E-state index < -0.39 is 254 Å². The summed E-state index contributed by atoms with van der Waals surface area (Å²) in [5.74, 6) is -16.4. The number of phenols is 3. The topological polar surface area (TPSA) is 591 Å². The second-order valence-corrected chi connectivity index (χ2v) is 32.6. The highest BCUT2D eigenvalue weighted by molar-refractivity contribution is 6.35. The van der Waals surface area contributed by atoms with E-state index in [1.54, 1.807) is 6.92 Å². The molecule has 0 radical (unpaired) electrons. The first-order valence-corrected chi connectivity index (χ1v) is 40.8. The van der Waals surface area contributed by atoms with Gasteiger partial charge in [-0.3, -0.25) is 52.6 Å². The van der Waals surface area contributed by atoms with Gasteiger partial charge in [0.25, 0.3) is 11.8 Å². The first-order valence-electron chi connectivity index (χ1n) is 39.3. The number of carbonyl (C=O) groups excluding carboxylic acids is 9. The largest absolute Gasteiger partial charge is 0.508 e. The van der Waals surface area contributed by atoms with Crippen molar-refractivity contribution >= 4 is 105 Å². The molecular weight excluding hydrogens is 1740 g/mol. The van der Waals surface area contributed by atoms with Crippen LogP contribution in [0.3, 0.4) is 0 Å². The Morgan fingerprint density at radius 3 is 1.98 bits per heavy atom. The lowest BCUT2D eigenvalue weighted by Crippen LogP contribution is -2.65. The van der Waals surface area contributed by atoms with Gasteiger partial charge in [-0.15, -0.1) is 0 Å². The van der Waals surface area contributed by atoms with Gasteiger partial charge in [0.2, 0.25) is 53.4 Å². The molecule has 14 rings (SSSR count). The van der Waals surface area contributed by atoms with Gasteiger partial charge in [-0.1, -0.05) is 78.5 Å². The number of ether oxygens (including phenoxy) is 7. The number of phenolic OH excluding ortho intramolecular Hbond substituents is 3. The van der Waals surface area contributed by atoms with Crippen molar-refractivity contribution in [2.75, 3.05) is 45.8 Å². The molecule has 6 aromatic carbocycles. The number of anilines is 1. The fraction of sp³-hybridized carbons (Fsp3) is 0.402. The summed E-state index contributed by atoms with van der Waals surface area (Å²) in [6, 6.07) is 4.94. The minimum Gasteiger partial charge on any atom is -0.508 e. The second-order valence-electron chi connectivity index (χ2n) is 30.9. The zero-order valence-corrected chi connectivity index (χ0v) is 70.8. The number of hydrogen-bond donors (Lipinski definition) is 20. The number of hydroxylamine groups is 1. The standard InChI is InChI=1S/C82H91Cl4N13O27/c1-33(2)19-47(88-5)73(111)96-63-65(105)36-8-11-51(45(85)23-36)122-53-25-38-26-54(69(53)126-80-70(68(108)67(107)55(32-100)124-80)125-58-31-82(4,71(109)34(3)121-58)89-14-16-99-15-13-57(92-81(99)118)91-72(110)39-20-40(83)27-41(84)21-39)123-52-12-9-37(24-46(52)86)66(106)64-78(116)95-62(79(117)98-120-18-17-119-6)44-28-42(101)29-50(103)59(44)43-22-35(7-10-49(43)102)60(75(113)97-64)94-76(114)61(38)93-74(112)48(30-56(87)104)90-77(63)115/h7-13,15,20-29,33-34,47-48,55,58,60-68,70-71,80,88-89,100-103,105-109H,14,16-19,30-32H2,1-6H3,(H2,87,104)(H,90,115)(H,93,112)(H,94,114)(H,95,116)(H,96,111)(H,97,113)(H,98,117)(H,91,92,110,118)/t34-,47+,48-,55+,58-,60+,61?,62+,63+,64-,65+,66+,67+,68-,70+,71+,80-,82-/m0/s1. The average Bonchev–Trinajstić information content (AvgIpc) is 0.751. The molecule has 0 saturated carbocycles. The minimum atomic E-state index is -2.40. The van der Waals surface area contributed by atoms with E-state index in [0.29, 0.717) is 0 Å². The average molecular weight is 1830 g/mol. The van der Waals surface area contributed by atoms with E-state index in [-0.39, 0.29) is 88.9 Å². The van der Waals surface area contributed by atoms with E-state index in [9.17, 15) is 69.9 Å². The SMILES string of the molecule is CN[C@H](CC(C)C)C(=O)N[C@H]1C(=O)N[C@@H](CC(N)=O)C(=O)NC2C(=O)N[C@H]3C(=O)N[C@H](C(=O)N[C@@H](C(=O)NOCCOC)c4cc(O)cc(O)c4-c4cc3ccc4O)[C@H](O)c3ccc(c(Cl)c3)Oc3cc2cc(c3O[C@@H]2O[C@H](CO)[C@@H](O)[C@H](O)[C@H]2O[C@H]2C[C@](C)(NCCn3ccc(NC(=O)c4cc(Cl)cc(Cl)c4)nc3=O)[C@H](O)[C@H](C)O2)Oc2ccc(cc2Cl)[C@H]1O. The number of hydrogen-bond acceptors (Lipinski definition) is 30. The highest BCUT2D eigenvalue weighted by Gasteiger charge is 2.52. The summed E-state index contributed by atoms with van der Waals surface area (Å²) in [6.07, 6.45) is -18.3. The molecule has 7 aliphatic rings. The Balaban J connectivity index is 1.01. The third kappa shape index (κ3) is 21.4.